The van der Waals surface area contributed by atoms with Gasteiger partial charge in [0.1, 0.15) is 0 Å². The molecule has 0 unspecified atom stereocenters. The van der Waals surface area contributed by atoms with Crippen molar-refractivity contribution in [1.82, 2.24) is 5.43 Å². The van der Waals surface area contributed by atoms with Gasteiger partial charge in [0.15, 0.2) is 0 Å². The third kappa shape index (κ3) is 5.69. The first-order valence-electron chi connectivity index (χ1n) is 9.02. The third-order valence-electron chi connectivity index (χ3n) is 4.24. The van der Waals surface area contributed by atoms with Gasteiger partial charge in [0.2, 0.25) is 0 Å². The number of hydrogen-bond donors (Lipinski definition) is 2. The second-order valence-corrected chi connectivity index (χ2v) is 8.59. The molecule has 1 amide bonds. The second kappa shape index (κ2) is 9.43. The first-order valence-corrected chi connectivity index (χ1v) is 10.9. The molecule has 0 aliphatic rings. The Morgan fingerprint density at radius 2 is 1.71 bits per heavy atom. The number of carbonyl (C=O) groups is 1. The van der Waals surface area contributed by atoms with Crippen LogP contribution in [0.15, 0.2) is 82.8 Å². The van der Waals surface area contributed by atoms with Crippen LogP contribution in [0.2, 0.25) is 5.02 Å². The van der Waals surface area contributed by atoms with Crippen LogP contribution >= 0.6 is 11.6 Å². The number of rotatable bonds is 6. The largest absolute Gasteiger partial charge is 0.280 e. The number of hydrogen-bond acceptors (Lipinski definition) is 5. The van der Waals surface area contributed by atoms with Crippen LogP contribution in [0.25, 0.3) is 0 Å². The van der Waals surface area contributed by atoms with Crippen LogP contribution in [0.5, 0.6) is 0 Å². The van der Waals surface area contributed by atoms with Crippen molar-refractivity contribution < 1.29 is 13.2 Å². The number of carbonyl (C=O) groups excluding carboxylic acids is 1. The molecule has 3 aromatic carbocycles. The van der Waals surface area contributed by atoms with Crippen molar-refractivity contribution >= 4 is 38.9 Å². The molecular formula is C22H17ClN4O3S. The van der Waals surface area contributed by atoms with Gasteiger partial charge < -0.3 is 0 Å². The number of nitriles is 1. The van der Waals surface area contributed by atoms with E-state index in [1.165, 1.54) is 30.3 Å². The van der Waals surface area contributed by atoms with E-state index in [9.17, 15) is 13.2 Å². The Morgan fingerprint density at radius 3 is 2.39 bits per heavy atom. The Labute approximate surface area is 185 Å². The molecule has 31 heavy (non-hydrogen) atoms. The highest BCUT2D eigenvalue weighted by Gasteiger charge is 2.17. The highest BCUT2D eigenvalue weighted by molar-refractivity contribution is 7.92. The molecular weight excluding hydrogens is 436 g/mol. The lowest BCUT2D eigenvalue weighted by atomic mass is 10.1. The number of hydrazone groups is 1. The summed E-state index contributed by atoms with van der Waals surface area (Å²) in [6.45, 7) is 1.71. The molecule has 0 bridgehead atoms. The zero-order chi connectivity index (χ0) is 22.4. The van der Waals surface area contributed by atoms with Crippen LogP contribution in [0.3, 0.4) is 0 Å². The number of amides is 1. The SMILES string of the molecule is C/C(=N/NC(=O)c1cccc(S(=O)(=O)Nc2cccc(Cl)c2)c1)c1ccc(C#N)cc1. The van der Waals surface area contributed by atoms with Crippen molar-refractivity contribution in [3.05, 3.63) is 94.5 Å². The lowest BCUT2D eigenvalue weighted by molar-refractivity contribution is 0.0954. The van der Waals surface area contributed by atoms with Crippen molar-refractivity contribution in [2.24, 2.45) is 5.10 Å². The van der Waals surface area contributed by atoms with E-state index in [1.807, 2.05) is 6.07 Å². The number of halogens is 1. The zero-order valence-corrected chi connectivity index (χ0v) is 17.9. The van der Waals surface area contributed by atoms with Gasteiger partial charge in [-0.2, -0.15) is 10.4 Å². The van der Waals surface area contributed by atoms with Gasteiger partial charge in [0, 0.05) is 10.6 Å². The molecule has 2 N–H and O–H groups in total. The molecule has 0 saturated carbocycles. The summed E-state index contributed by atoms with van der Waals surface area (Å²) >= 11 is 5.89. The summed E-state index contributed by atoms with van der Waals surface area (Å²) in [5.74, 6) is -0.562. The first kappa shape index (κ1) is 22.0. The Balaban J connectivity index is 1.75. The molecule has 0 aromatic heterocycles. The smallest absolute Gasteiger partial charge is 0.271 e. The van der Waals surface area contributed by atoms with E-state index in [2.05, 4.69) is 15.2 Å². The molecule has 9 heteroatoms. The van der Waals surface area contributed by atoms with Gasteiger partial charge in [-0.1, -0.05) is 35.9 Å². The lowest BCUT2D eigenvalue weighted by Gasteiger charge is -2.09. The molecule has 3 rings (SSSR count). The van der Waals surface area contributed by atoms with Crippen molar-refractivity contribution in [1.29, 1.82) is 5.26 Å². The Morgan fingerprint density at radius 1 is 1.00 bits per heavy atom. The summed E-state index contributed by atoms with van der Waals surface area (Å²) < 4.78 is 27.7. The van der Waals surface area contributed by atoms with Crippen LogP contribution < -0.4 is 10.1 Å². The highest BCUT2D eigenvalue weighted by atomic mass is 35.5. The average molecular weight is 453 g/mol. The predicted octanol–water partition coefficient (Wildman–Crippen LogP) is 4.17. The fraction of sp³-hybridized carbons (Fsp3) is 0.0455. The van der Waals surface area contributed by atoms with Gasteiger partial charge in [0.05, 0.1) is 27.9 Å². The summed E-state index contributed by atoms with van der Waals surface area (Å²) in [5.41, 5.74) is 4.64. The standard InChI is InChI=1S/C22H17ClN4O3S/c1-15(17-10-8-16(14-24)9-11-17)25-26-22(28)18-4-2-7-21(12-18)31(29,30)27-20-6-3-5-19(23)13-20/h2-13,27H,1H3,(H,26,28)/b25-15-. The normalized spacial score (nSPS) is 11.5. The summed E-state index contributed by atoms with van der Waals surface area (Å²) in [4.78, 5) is 12.4. The maximum Gasteiger partial charge on any atom is 0.271 e. The predicted molar refractivity (Wildman–Crippen MR) is 120 cm³/mol. The van der Waals surface area contributed by atoms with Gasteiger partial charge in [-0.05, 0) is 61.0 Å². The molecule has 0 heterocycles. The molecule has 3 aromatic rings. The first-order chi connectivity index (χ1) is 14.8. The van der Waals surface area contributed by atoms with Gasteiger partial charge in [-0.3, -0.25) is 9.52 Å². The number of nitrogens with one attached hydrogen (secondary N) is 2. The summed E-state index contributed by atoms with van der Waals surface area (Å²) in [6, 6.07) is 20.7. The van der Waals surface area contributed by atoms with E-state index in [0.29, 0.717) is 22.0 Å². The Hall–Kier alpha value is -3.67. The van der Waals surface area contributed by atoms with Crippen molar-refractivity contribution in [2.75, 3.05) is 4.72 Å². The minimum atomic E-state index is -3.92. The summed E-state index contributed by atoms with van der Waals surface area (Å²) in [6.07, 6.45) is 0. The van der Waals surface area contributed by atoms with Gasteiger partial charge >= 0.3 is 0 Å². The third-order valence-corrected chi connectivity index (χ3v) is 5.85. The van der Waals surface area contributed by atoms with Crippen LogP contribution in [-0.4, -0.2) is 20.0 Å². The molecule has 0 aliphatic heterocycles. The Kier molecular flexibility index (Phi) is 6.70. The maximum absolute atomic E-state index is 12.7. The monoisotopic (exact) mass is 452 g/mol. The molecule has 0 aliphatic carbocycles. The van der Waals surface area contributed by atoms with Gasteiger partial charge in [0.25, 0.3) is 15.9 Å². The van der Waals surface area contributed by atoms with E-state index in [1.54, 1.807) is 49.4 Å². The minimum absolute atomic E-state index is 0.0760. The van der Waals surface area contributed by atoms with Crippen molar-refractivity contribution in [3.63, 3.8) is 0 Å². The summed E-state index contributed by atoms with van der Waals surface area (Å²) in [5, 5.41) is 13.3. The fourth-order valence-electron chi connectivity index (χ4n) is 2.62. The van der Waals surface area contributed by atoms with Gasteiger partial charge in [-0.25, -0.2) is 13.8 Å². The van der Waals surface area contributed by atoms with Crippen LogP contribution in [-0.2, 0) is 10.0 Å². The molecule has 156 valence electrons. The number of benzene rings is 3. The maximum atomic E-state index is 12.7. The molecule has 0 atom stereocenters. The van der Waals surface area contributed by atoms with E-state index in [-0.39, 0.29) is 10.5 Å². The molecule has 0 fully saturated rings. The number of sulfonamides is 1. The number of anilines is 1. The lowest BCUT2D eigenvalue weighted by Crippen LogP contribution is -2.20. The quantitative estimate of drug-likeness (QED) is 0.431. The Bertz CT molecular complexity index is 1300. The summed E-state index contributed by atoms with van der Waals surface area (Å²) in [7, 11) is -3.92. The van der Waals surface area contributed by atoms with E-state index in [0.717, 1.165) is 5.56 Å². The van der Waals surface area contributed by atoms with Gasteiger partial charge in [-0.15, -0.1) is 0 Å². The van der Waals surface area contributed by atoms with Crippen molar-refractivity contribution in [3.8, 4) is 6.07 Å². The second-order valence-electron chi connectivity index (χ2n) is 6.47. The average Bonchev–Trinajstić information content (AvgIpc) is 2.77. The van der Waals surface area contributed by atoms with Crippen molar-refractivity contribution in [2.45, 2.75) is 11.8 Å². The highest BCUT2D eigenvalue weighted by Crippen LogP contribution is 2.20. The molecule has 7 nitrogen and oxygen atoms in total. The van der Waals surface area contributed by atoms with E-state index < -0.39 is 15.9 Å². The van der Waals surface area contributed by atoms with Crippen LogP contribution in [0.4, 0.5) is 5.69 Å². The topological polar surface area (TPSA) is 111 Å². The molecule has 0 radical (unpaired) electrons. The molecule has 0 spiro atoms. The minimum Gasteiger partial charge on any atom is -0.280 e. The number of nitrogens with zero attached hydrogens (tertiary/aromatic N) is 2. The zero-order valence-electron chi connectivity index (χ0n) is 16.3. The van der Waals surface area contributed by atoms with E-state index >= 15 is 0 Å². The fourth-order valence-corrected chi connectivity index (χ4v) is 3.91. The van der Waals surface area contributed by atoms with Crippen LogP contribution in [0, 0.1) is 11.3 Å². The molecule has 0 saturated heterocycles. The van der Waals surface area contributed by atoms with E-state index in [4.69, 9.17) is 16.9 Å². The van der Waals surface area contributed by atoms with Crippen LogP contribution in [0.1, 0.15) is 28.4 Å².